The first-order valence-electron chi connectivity index (χ1n) is 10.6. The van der Waals surface area contributed by atoms with E-state index in [2.05, 4.69) is 11.4 Å². The van der Waals surface area contributed by atoms with E-state index in [0.717, 1.165) is 29.0 Å². The van der Waals surface area contributed by atoms with E-state index in [9.17, 15) is 4.79 Å². The van der Waals surface area contributed by atoms with Crippen molar-refractivity contribution in [1.82, 2.24) is 10.2 Å². The van der Waals surface area contributed by atoms with Crippen molar-refractivity contribution >= 4 is 17.6 Å². The van der Waals surface area contributed by atoms with E-state index in [0.29, 0.717) is 32.8 Å². The number of carbonyl (C=O) groups excluding carboxylic acids is 1. The summed E-state index contributed by atoms with van der Waals surface area (Å²) >= 11 is 6.54. The number of nitrogens with zero attached hydrogens (tertiary/aromatic N) is 1. The standard InChI is InChI=1S/C24H29ClN2O3/c1-18-15-27(16-22(30-18)19-7-3-2-4-8-19)23(28)26-17-24(11-13-29-14-12-24)20-9-5-6-10-21(20)25/h2-10,18,22H,11-17H2,1H3,(H,26,28)/t18-,22-/m0/s1. The summed E-state index contributed by atoms with van der Waals surface area (Å²) in [5, 5.41) is 3.95. The summed E-state index contributed by atoms with van der Waals surface area (Å²) in [7, 11) is 0. The van der Waals surface area contributed by atoms with Gasteiger partial charge in [-0.3, -0.25) is 0 Å². The third kappa shape index (κ3) is 4.64. The van der Waals surface area contributed by atoms with Gasteiger partial charge in [-0.15, -0.1) is 0 Å². The number of hydrogen-bond acceptors (Lipinski definition) is 3. The molecule has 5 nitrogen and oxygen atoms in total. The number of urea groups is 1. The molecule has 2 aliphatic heterocycles. The molecule has 0 unspecified atom stereocenters. The molecule has 2 atom stereocenters. The zero-order valence-electron chi connectivity index (χ0n) is 17.4. The maximum atomic E-state index is 13.1. The SMILES string of the molecule is C[C@H]1CN(C(=O)NCC2(c3ccccc3Cl)CCOCC2)C[C@@H](c2ccccc2)O1. The van der Waals surface area contributed by atoms with E-state index in [-0.39, 0.29) is 23.7 Å². The zero-order chi connectivity index (χ0) is 21.0. The van der Waals surface area contributed by atoms with Crippen LogP contribution in [0.2, 0.25) is 5.02 Å². The van der Waals surface area contributed by atoms with Crippen LogP contribution >= 0.6 is 11.6 Å². The Labute approximate surface area is 183 Å². The summed E-state index contributed by atoms with van der Waals surface area (Å²) in [6, 6.07) is 18.0. The fourth-order valence-corrected chi connectivity index (χ4v) is 4.86. The van der Waals surface area contributed by atoms with Crippen LogP contribution in [0, 0.1) is 0 Å². The summed E-state index contributed by atoms with van der Waals surface area (Å²) in [6.45, 7) is 5.02. The molecule has 2 amide bonds. The number of nitrogens with one attached hydrogen (secondary N) is 1. The number of ether oxygens (including phenoxy) is 2. The molecule has 0 radical (unpaired) electrons. The van der Waals surface area contributed by atoms with Gasteiger partial charge in [-0.25, -0.2) is 4.79 Å². The zero-order valence-corrected chi connectivity index (χ0v) is 18.1. The Bertz CT molecular complexity index is 855. The lowest BCUT2D eigenvalue weighted by Crippen LogP contribution is -2.53. The number of hydrogen-bond donors (Lipinski definition) is 1. The van der Waals surface area contributed by atoms with Gasteiger partial charge in [-0.05, 0) is 37.0 Å². The Balaban J connectivity index is 1.46. The van der Waals surface area contributed by atoms with E-state index >= 15 is 0 Å². The van der Waals surface area contributed by atoms with Crippen molar-refractivity contribution in [2.45, 2.75) is 37.4 Å². The lowest BCUT2D eigenvalue weighted by molar-refractivity contribution is -0.0658. The summed E-state index contributed by atoms with van der Waals surface area (Å²) in [5.41, 5.74) is 1.98. The molecule has 6 heteroatoms. The highest BCUT2D eigenvalue weighted by Gasteiger charge is 2.37. The van der Waals surface area contributed by atoms with Gasteiger partial charge in [0.1, 0.15) is 6.10 Å². The average molecular weight is 429 g/mol. The van der Waals surface area contributed by atoms with Crippen molar-refractivity contribution in [2.75, 3.05) is 32.8 Å². The molecule has 0 aliphatic carbocycles. The Hall–Kier alpha value is -2.08. The fourth-order valence-electron chi connectivity index (χ4n) is 4.52. The molecular weight excluding hydrogens is 400 g/mol. The molecule has 2 aliphatic rings. The van der Waals surface area contributed by atoms with E-state index in [1.807, 2.05) is 60.4 Å². The van der Waals surface area contributed by atoms with Gasteiger partial charge in [-0.1, -0.05) is 60.1 Å². The molecule has 0 aromatic heterocycles. The highest BCUT2D eigenvalue weighted by molar-refractivity contribution is 6.31. The monoisotopic (exact) mass is 428 g/mol. The molecular formula is C24H29ClN2O3. The van der Waals surface area contributed by atoms with Crippen LogP contribution in [0.1, 0.15) is 37.0 Å². The minimum atomic E-state index is -0.205. The number of rotatable bonds is 4. The summed E-state index contributed by atoms with van der Waals surface area (Å²) in [5.74, 6) is 0. The predicted octanol–water partition coefficient (Wildman–Crippen LogP) is 4.56. The first-order valence-corrected chi connectivity index (χ1v) is 11.0. The van der Waals surface area contributed by atoms with E-state index in [1.54, 1.807) is 0 Å². The molecule has 2 heterocycles. The Morgan fingerprint density at radius 1 is 1.10 bits per heavy atom. The minimum absolute atomic E-state index is 0.0182. The van der Waals surface area contributed by atoms with Gasteiger partial charge < -0.3 is 19.7 Å². The predicted molar refractivity (Wildman–Crippen MR) is 118 cm³/mol. The van der Waals surface area contributed by atoms with Crippen molar-refractivity contribution in [3.63, 3.8) is 0 Å². The third-order valence-electron chi connectivity index (χ3n) is 6.19. The van der Waals surface area contributed by atoms with Crippen LogP contribution in [-0.2, 0) is 14.9 Å². The van der Waals surface area contributed by atoms with Crippen LogP contribution < -0.4 is 5.32 Å². The van der Waals surface area contributed by atoms with Gasteiger partial charge in [-0.2, -0.15) is 0 Å². The van der Waals surface area contributed by atoms with Crippen molar-refractivity contribution < 1.29 is 14.3 Å². The smallest absolute Gasteiger partial charge is 0.317 e. The van der Waals surface area contributed by atoms with Crippen molar-refractivity contribution in [3.8, 4) is 0 Å². The second-order valence-electron chi connectivity index (χ2n) is 8.28. The highest BCUT2D eigenvalue weighted by Crippen LogP contribution is 2.38. The molecule has 30 heavy (non-hydrogen) atoms. The summed E-state index contributed by atoms with van der Waals surface area (Å²) in [4.78, 5) is 15.0. The molecule has 0 bridgehead atoms. The quantitative estimate of drug-likeness (QED) is 0.776. The third-order valence-corrected chi connectivity index (χ3v) is 6.52. The topological polar surface area (TPSA) is 50.8 Å². The van der Waals surface area contributed by atoms with Gasteiger partial charge >= 0.3 is 6.03 Å². The highest BCUT2D eigenvalue weighted by atomic mass is 35.5. The van der Waals surface area contributed by atoms with Crippen LogP contribution in [0.3, 0.4) is 0 Å². The molecule has 2 aromatic carbocycles. The van der Waals surface area contributed by atoms with E-state index in [4.69, 9.17) is 21.1 Å². The molecule has 2 saturated heterocycles. The molecule has 1 N–H and O–H groups in total. The van der Waals surface area contributed by atoms with Gasteiger partial charge in [0.15, 0.2) is 0 Å². The van der Waals surface area contributed by atoms with Crippen molar-refractivity contribution in [3.05, 3.63) is 70.7 Å². The van der Waals surface area contributed by atoms with Gasteiger partial charge in [0.2, 0.25) is 0 Å². The van der Waals surface area contributed by atoms with Gasteiger partial charge in [0.05, 0.1) is 12.6 Å². The Kier molecular flexibility index (Phi) is 6.61. The normalized spacial score (nSPS) is 23.7. The first-order chi connectivity index (χ1) is 14.6. The number of halogens is 1. The molecule has 160 valence electrons. The Morgan fingerprint density at radius 2 is 1.80 bits per heavy atom. The second kappa shape index (κ2) is 9.38. The first kappa shape index (κ1) is 21.2. The average Bonchev–Trinajstić information content (AvgIpc) is 2.78. The van der Waals surface area contributed by atoms with Crippen LogP contribution in [0.5, 0.6) is 0 Å². The maximum absolute atomic E-state index is 13.1. The van der Waals surface area contributed by atoms with Crippen LogP contribution in [0.4, 0.5) is 4.79 Å². The summed E-state index contributed by atoms with van der Waals surface area (Å²) in [6.07, 6.45) is 1.54. The minimum Gasteiger partial charge on any atom is -0.381 e. The molecule has 2 fully saturated rings. The fraction of sp³-hybridized carbons (Fsp3) is 0.458. The van der Waals surface area contributed by atoms with Crippen LogP contribution in [0.15, 0.2) is 54.6 Å². The molecule has 2 aromatic rings. The number of morpholine rings is 1. The molecule has 0 spiro atoms. The number of benzene rings is 2. The van der Waals surface area contributed by atoms with Crippen LogP contribution in [0.25, 0.3) is 0 Å². The van der Waals surface area contributed by atoms with Crippen LogP contribution in [-0.4, -0.2) is 49.9 Å². The number of carbonyl (C=O) groups is 1. The molecule has 4 rings (SSSR count). The number of amides is 2. The van der Waals surface area contributed by atoms with E-state index in [1.165, 1.54) is 0 Å². The van der Waals surface area contributed by atoms with Gasteiger partial charge in [0, 0.05) is 36.7 Å². The summed E-state index contributed by atoms with van der Waals surface area (Å²) < 4.78 is 11.7. The lowest BCUT2D eigenvalue weighted by Gasteiger charge is -2.40. The van der Waals surface area contributed by atoms with Crippen molar-refractivity contribution in [2.24, 2.45) is 0 Å². The van der Waals surface area contributed by atoms with Crippen molar-refractivity contribution in [1.29, 1.82) is 0 Å². The van der Waals surface area contributed by atoms with E-state index < -0.39 is 0 Å². The largest absolute Gasteiger partial charge is 0.381 e. The molecule has 0 saturated carbocycles. The van der Waals surface area contributed by atoms with Gasteiger partial charge in [0.25, 0.3) is 0 Å². The second-order valence-corrected chi connectivity index (χ2v) is 8.69. The maximum Gasteiger partial charge on any atom is 0.317 e. The Morgan fingerprint density at radius 3 is 2.53 bits per heavy atom. The lowest BCUT2D eigenvalue weighted by atomic mass is 9.74.